The summed E-state index contributed by atoms with van der Waals surface area (Å²) in [5.74, 6) is 1.48. The lowest BCUT2D eigenvalue weighted by atomic mass is 10.1. The Bertz CT molecular complexity index is 938. The number of methoxy groups -OCH3 is 1. The maximum Gasteiger partial charge on any atom is 0.222 e. The molecule has 160 valence electrons. The van der Waals surface area contributed by atoms with Gasteiger partial charge in [-0.15, -0.1) is 0 Å². The topological polar surface area (TPSA) is 59.8 Å². The molecular formula is C24H31N3O3. The Kier molecular flexibility index (Phi) is 7.63. The zero-order chi connectivity index (χ0) is 21.5. The Morgan fingerprint density at radius 2 is 1.90 bits per heavy atom. The molecule has 0 fully saturated rings. The summed E-state index contributed by atoms with van der Waals surface area (Å²) in [5.41, 5.74) is 4.04. The van der Waals surface area contributed by atoms with Gasteiger partial charge in [-0.3, -0.25) is 4.90 Å². The number of rotatable bonds is 10. The van der Waals surface area contributed by atoms with Gasteiger partial charge in [0.25, 0.3) is 0 Å². The summed E-state index contributed by atoms with van der Waals surface area (Å²) < 4.78 is 13.4. The number of aryl methyl sites for hydroxylation is 2. The van der Waals surface area contributed by atoms with Gasteiger partial charge in [-0.1, -0.05) is 42.5 Å². The molecule has 30 heavy (non-hydrogen) atoms. The number of aliphatic hydroxyl groups excluding tert-OH is 1. The van der Waals surface area contributed by atoms with Crippen LogP contribution in [0.2, 0.25) is 0 Å². The quantitative estimate of drug-likeness (QED) is 0.548. The van der Waals surface area contributed by atoms with Gasteiger partial charge in [0.15, 0.2) is 0 Å². The Morgan fingerprint density at radius 3 is 2.57 bits per heavy atom. The minimum atomic E-state index is -0.445. The van der Waals surface area contributed by atoms with Gasteiger partial charge in [0, 0.05) is 39.4 Å². The maximum atomic E-state index is 9.99. The van der Waals surface area contributed by atoms with Gasteiger partial charge < -0.3 is 14.6 Å². The van der Waals surface area contributed by atoms with Crippen molar-refractivity contribution in [2.24, 2.45) is 7.05 Å². The predicted octanol–water partition coefficient (Wildman–Crippen LogP) is 4.02. The van der Waals surface area contributed by atoms with Crippen LogP contribution in [0.4, 0.5) is 0 Å². The first-order chi connectivity index (χ1) is 14.5. The standard InChI is InChI=1S/C24H31N3O3/c1-18-9-8-12-21(15-18)30-24-22(17-27(13-14-29-4)16-19(2)28)23(25-26(24)3)20-10-6-5-7-11-20/h5-12,15,19,28H,13-14,16-17H2,1-4H3. The molecule has 1 N–H and O–H groups in total. The molecule has 0 spiro atoms. The van der Waals surface area contributed by atoms with Crippen LogP contribution in [0.25, 0.3) is 11.3 Å². The number of hydrogen-bond acceptors (Lipinski definition) is 5. The summed E-state index contributed by atoms with van der Waals surface area (Å²) in [6.07, 6.45) is -0.445. The van der Waals surface area contributed by atoms with Gasteiger partial charge in [-0.05, 0) is 31.5 Å². The third-order valence-electron chi connectivity index (χ3n) is 4.85. The predicted molar refractivity (Wildman–Crippen MR) is 119 cm³/mol. The van der Waals surface area contributed by atoms with E-state index in [1.807, 2.05) is 56.4 Å². The van der Waals surface area contributed by atoms with Crippen molar-refractivity contribution in [3.05, 3.63) is 65.7 Å². The van der Waals surface area contributed by atoms with Crippen molar-refractivity contribution < 1.29 is 14.6 Å². The highest BCUT2D eigenvalue weighted by Gasteiger charge is 2.22. The summed E-state index contributed by atoms with van der Waals surface area (Å²) in [6.45, 7) is 6.26. The van der Waals surface area contributed by atoms with E-state index in [0.717, 1.165) is 28.1 Å². The summed E-state index contributed by atoms with van der Waals surface area (Å²) >= 11 is 0. The maximum absolute atomic E-state index is 9.99. The third-order valence-corrected chi connectivity index (χ3v) is 4.85. The average molecular weight is 410 g/mol. The van der Waals surface area contributed by atoms with E-state index in [0.29, 0.717) is 32.1 Å². The molecule has 1 heterocycles. The van der Waals surface area contributed by atoms with Crippen LogP contribution in [0.1, 0.15) is 18.1 Å². The SMILES string of the molecule is COCCN(Cc1c(-c2ccccc2)nn(C)c1Oc1cccc(C)c1)CC(C)O. The molecule has 0 bridgehead atoms. The molecule has 0 aliphatic rings. The van der Waals surface area contributed by atoms with Gasteiger partial charge in [0.05, 0.1) is 18.3 Å². The molecule has 6 nitrogen and oxygen atoms in total. The smallest absolute Gasteiger partial charge is 0.222 e. The second-order valence-corrected chi connectivity index (χ2v) is 7.62. The Labute approximate surface area is 178 Å². The van der Waals surface area contributed by atoms with Gasteiger partial charge in [-0.25, -0.2) is 4.68 Å². The number of aromatic nitrogens is 2. The van der Waals surface area contributed by atoms with Gasteiger partial charge in [0.2, 0.25) is 5.88 Å². The highest BCUT2D eigenvalue weighted by molar-refractivity contribution is 5.65. The Hall–Kier alpha value is -2.67. The van der Waals surface area contributed by atoms with Crippen LogP contribution in [-0.4, -0.2) is 52.7 Å². The summed E-state index contributed by atoms with van der Waals surface area (Å²) in [4.78, 5) is 2.17. The molecule has 1 atom stereocenters. The largest absolute Gasteiger partial charge is 0.439 e. The number of hydrogen-bond donors (Lipinski definition) is 1. The van der Waals surface area contributed by atoms with Crippen LogP contribution in [0.5, 0.6) is 11.6 Å². The van der Waals surface area contributed by atoms with E-state index >= 15 is 0 Å². The second-order valence-electron chi connectivity index (χ2n) is 7.62. The third kappa shape index (κ3) is 5.69. The molecule has 1 aromatic heterocycles. The molecule has 0 aliphatic carbocycles. The first kappa shape index (κ1) is 22.0. The van der Waals surface area contributed by atoms with E-state index in [9.17, 15) is 5.11 Å². The van der Waals surface area contributed by atoms with E-state index in [2.05, 4.69) is 17.0 Å². The molecule has 1 unspecified atom stereocenters. The number of aliphatic hydroxyl groups is 1. The molecular weight excluding hydrogens is 378 g/mol. The molecule has 6 heteroatoms. The molecule has 0 saturated heterocycles. The molecule has 0 amide bonds. The van der Waals surface area contributed by atoms with E-state index in [1.165, 1.54) is 0 Å². The van der Waals surface area contributed by atoms with Crippen LogP contribution in [0.15, 0.2) is 54.6 Å². The molecule has 3 aromatic rings. The fraction of sp³-hybridized carbons (Fsp3) is 0.375. The number of nitrogens with zero attached hydrogens (tertiary/aromatic N) is 3. The highest BCUT2D eigenvalue weighted by atomic mass is 16.5. The van der Waals surface area contributed by atoms with E-state index < -0.39 is 6.10 Å². The molecule has 0 radical (unpaired) electrons. The van der Waals surface area contributed by atoms with Crippen LogP contribution in [0, 0.1) is 6.92 Å². The van der Waals surface area contributed by atoms with Gasteiger partial charge in [0.1, 0.15) is 11.4 Å². The highest BCUT2D eigenvalue weighted by Crippen LogP contribution is 2.34. The van der Waals surface area contributed by atoms with Crippen molar-refractivity contribution in [1.29, 1.82) is 0 Å². The van der Waals surface area contributed by atoms with Crippen molar-refractivity contribution in [2.75, 3.05) is 26.8 Å². The first-order valence-corrected chi connectivity index (χ1v) is 10.2. The molecule has 2 aromatic carbocycles. The second kappa shape index (κ2) is 10.4. The molecule has 3 rings (SSSR count). The van der Waals surface area contributed by atoms with Crippen LogP contribution < -0.4 is 4.74 Å². The van der Waals surface area contributed by atoms with Crippen molar-refractivity contribution in [3.8, 4) is 22.9 Å². The normalized spacial score (nSPS) is 12.3. The zero-order valence-electron chi connectivity index (χ0n) is 18.2. The van der Waals surface area contributed by atoms with Crippen molar-refractivity contribution in [3.63, 3.8) is 0 Å². The Balaban J connectivity index is 2.01. The van der Waals surface area contributed by atoms with Crippen LogP contribution >= 0.6 is 0 Å². The Morgan fingerprint density at radius 1 is 1.13 bits per heavy atom. The molecule has 0 saturated carbocycles. The fourth-order valence-electron chi connectivity index (χ4n) is 3.49. The van der Waals surface area contributed by atoms with Gasteiger partial charge >= 0.3 is 0 Å². The van der Waals surface area contributed by atoms with Gasteiger partial charge in [-0.2, -0.15) is 5.10 Å². The van der Waals surface area contributed by atoms with Crippen LogP contribution in [-0.2, 0) is 18.3 Å². The van der Waals surface area contributed by atoms with Crippen molar-refractivity contribution in [1.82, 2.24) is 14.7 Å². The average Bonchev–Trinajstić information content (AvgIpc) is 3.02. The van der Waals surface area contributed by atoms with E-state index in [-0.39, 0.29) is 0 Å². The van der Waals surface area contributed by atoms with Crippen molar-refractivity contribution >= 4 is 0 Å². The monoisotopic (exact) mass is 409 g/mol. The summed E-state index contributed by atoms with van der Waals surface area (Å²) in [6, 6.07) is 18.1. The first-order valence-electron chi connectivity index (χ1n) is 10.2. The minimum Gasteiger partial charge on any atom is -0.439 e. The fourth-order valence-corrected chi connectivity index (χ4v) is 3.49. The lowest BCUT2D eigenvalue weighted by Gasteiger charge is -2.24. The molecule has 0 aliphatic heterocycles. The summed E-state index contributed by atoms with van der Waals surface area (Å²) in [7, 11) is 3.58. The number of ether oxygens (including phenoxy) is 2. The lowest BCUT2D eigenvalue weighted by Crippen LogP contribution is -2.33. The van der Waals surface area contributed by atoms with Crippen LogP contribution in [0.3, 0.4) is 0 Å². The minimum absolute atomic E-state index is 0.445. The lowest BCUT2D eigenvalue weighted by molar-refractivity contribution is 0.0936. The zero-order valence-corrected chi connectivity index (χ0v) is 18.2. The number of benzene rings is 2. The van der Waals surface area contributed by atoms with Crippen molar-refractivity contribution in [2.45, 2.75) is 26.5 Å². The van der Waals surface area contributed by atoms with E-state index in [1.54, 1.807) is 18.7 Å². The summed E-state index contributed by atoms with van der Waals surface area (Å²) in [5, 5.41) is 14.8. The van der Waals surface area contributed by atoms with E-state index in [4.69, 9.17) is 14.6 Å².